The van der Waals surface area contributed by atoms with Gasteiger partial charge >= 0.3 is 0 Å². The molecule has 3 rings (SSSR count). The predicted octanol–water partition coefficient (Wildman–Crippen LogP) is 1.47. The van der Waals surface area contributed by atoms with Crippen molar-refractivity contribution in [2.24, 2.45) is 5.73 Å². The number of hydrogen-bond donors (Lipinski definition) is 1. The van der Waals surface area contributed by atoms with Crippen LogP contribution in [0.3, 0.4) is 0 Å². The van der Waals surface area contributed by atoms with Crippen LogP contribution in [-0.4, -0.2) is 16.3 Å². The summed E-state index contributed by atoms with van der Waals surface area (Å²) in [6, 6.07) is 2.20. The van der Waals surface area contributed by atoms with Crippen LogP contribution in [0.1, 0.15) is 11.1 Å². The lowest BCUT2D eigenvalue weighted by atomic mass is 10.2. The number of hydrogen-bond acceptors (Lipinski definition) is 3. The van der Waals surface area contributed by atoms with Gasteiger partial charge in [-0.2, -0.15) is 5.10 Å². The Kier molecular flexibility index (Phi) is 1.72. The average Bonchev–Trinajstić information content (AvgIpc) is 2.77. The molecule has 0 unspecified atom stereocenters. The van der Waals surface area contributed by atoms with Gasteiger partial charge in [-0.3, -0.25) is 4.68 Å². The molecular weight excluding hydrogens is 194 g/mol. The Morgan fingerprint density at radius 1 is 1.50 bits per heavy atom. The topological polar surface area (TPSA) is 43.8 Å². The normalized spacial score (nSPS) is 12.9. The highest BCUT2D eigenvalue weighted by Crippen LogP contribution is 2.39. The fraction of sp³-hybridized carbons (Fsp3) is 0.300. The van der Waals surface area contributed by atoms with Gasteiger partial charge in [0.1, 0.15) is 0 Å². The summed E-state index contributed by atoms with van der Waals surface area (Å²) in [7, 11) is 0. The Morgan fingerprint density at radius 3 is 3.29 bits per heavy atom. The molecule has 0 aromatic carbocycles. The van der Waals surface area contributed by atoms with Crippen LogP contribution in [0, 0.1) is 0 Å². The summed E-state index contributed by atoms with van der Waals surface area (Å²) in [6.45, 7) is 1.46. The zero-order chi connectivity index (χ0) is 9.54. The fourth-order valence-corrected chi connectivity index (χ4v) is 3.00. The van der Waals surface area contributed by atoms with E-state index in [0.717, 1.165) is 13.0 Å². The smallest absolute Gasteiger partial charge is 0.0820 e. The van der Waals surface area contributed by atoms with Gasteiger partial charge < -0.3 is 5.73 Å². The van der Waals surface area contributed by atoms with E-state index in [1.165, 1.54) is 21.7 Å². The van der Waals surface area contributed by atoms with Gasteiger partial charge in [-0.25, -0.2) is 0 Å². The standard InChI is InChI=1S/C10H11N3S/c11-2-3-13-9-8(6-12-13)5-7-1-4-14-10(7)9/h1,4,6H,2-3,5,11H2. The van der Waals surface area contributed by atoms with Crippen LogP contribution in [0.4, 0.5) is 0 Å². The summed E-state index contributed by atoms with van der Waals surface area (Å²) in [4.78, 5) is 1.38. The molecule has 0 bridgehead atoms. The number of thiophene rings is 1. The summed E-state index contributed by atoms with van der Waals surface area (Å²) in [5.41, 5.74) is 9.63. The maximum Gasteiger partial charge on any atom is 0.0820 e. The highest BCUT2D eigenvalue weighted by atomic mass is 32.1. The molecular formula is C10H11N3S. The lowest BCUT2D eigenvalue weighted by Gasteiger charge is -2.02. The monoisotopic (exact) mass is 205 g/mol. The molecule has 2 aromatic heterocycles. The molecule has 2 N–H and O–H groups in total. The first kappa shape index (κ1) is 8.20. The summed E-state index contributed by atoms with van der Waals surface area (Å²) in [5.74, 6) is 0. The van der Waals surface area contributed by atoms with E-state index in [2.05, 4.69) is 16.5 Å². The van der Waals surface area contributed by atoms with Gasteiger partial charge in [-0.1, -0.05) is 0 Å². The molecule has 0 aliphatic heterocycles. The lowest BCUT2D eigenvalue weighted by Crippen LogP contribution is -2.11. The Balaban J connectivity index is 2.15. The third-order valence-corrected chi connectivity index (χ3v) is 3.56. The van der Waals surface area contributed by atoms with Crippen molar-refractivity contribution in [3.8, 4) is 10.6 Å². The van der Waals surface area contributed by atoms with Crippen LogP contribution in [0.15, 0.2) is 17.6 Å². The Labute approximate surface area is 86.2 Å². The molecule has 0 radical (unpaired) electrons. The molecule has 4 heteroatoms. The summed E-state index contributed by atoms with van der Waals surface area (Å²) in [5, 5.41) is 6.50. The molecule has 0 saturated carbocycles. The van der Waals surface area contributed by atoms with E-state index in [4.69, 9.17) is 5.73 Å². The zero-order valence-corrected chi connectivity index (χ0v) is 8.55. The maximum absolute atomic E-state index is 5.55. The number of nitrogens with zero attached hydrogens (tertiary/aromatic N) is 2. The molecule has 0 amide bonds. The molecule has 72 valence electrons. The first-order chi connectivity index (χ1) is 6.90. The second kappa shape index (κ2) is 2.93. The average molecular weight is 205 g/mol. The van der Waals surface area contributed by atoms with E-state index in [9.17, 15) is 0 Å². The molecule has 1 aliphatic rings. The van der Waals surface area contributed by atoms with E-state index in [1.807, 2.05) is 10.9 Å². The van der Waals surface area contributed by atoms with Crippen molar-refractivity contribution in [2.75, 3.05) is 6.54 Å². The van der Waals surface area contributed by atoms with Gasteiger partial charge in [0.05, 0.1) is 23.3 Å². The second-order valence-electron chi connectivity index (χ2n) is 3.48. The Hall–Kier alpha value is -1.13. The largest absolute Gasteiger partial charge is 0.329 e. The summed E-state index contributed by atoms with van der Waals surface area (Å²) < 4.78 is 2.03. The second-order valence-corrected chi connectivity index (χ2v) is 4.40. The van der Waals surface area contributed by atoms with Crippen molar-refractivity contribution in [2.45, 2.75) is 13.0 Å². The molecule has 0 atom stereocenters. The quantitative estimate of drug-likeness (QED) is 0.688. The Bertz CT molecular complexity index is 469. The molecule has 0 saturated heterocycles. The summed E-state index contributed by atoms with van der Waals surface area (Å²) >= 11 is 1.80. The predicted molar refractivity (Wildman–Crippen MR) is 57.4 cm³/mol. The van der Waals surface area contributed by atoms with E-state index < -0.39 is 0 Å². The number of aromatic nitrogens is 2. The van der Waals surface area contributed by atoms with Crippen molar-refractivity contribution in [1.82, 2.24) is 9.78 Å². The molecule has 2 heterocycles. The Morgan fingerprint density at radius 2 is 2.43 bits per heavy atom. The van der Waals surface area contributed by atoms with Crippen molar-refractivity contribution in [1.29, 1.82) is 0 Å². The van der Waals surface area contributed by atoms with Crippen LogP contribution in [0.2, 0.25) is 0 Å². The lowest BCUT2D eigenvalue weighted by molar-refractivity contribution is 0.632. The number of rotatable bonds is 2. The van der Waals surface area contributed by atoms with E-state index >= 15 is 0 Å². The first-order valence-corrected chi connectivity index (χ1v) is 5.59. The van der Waals surface area contributed by atoms with Gasteiger partial charge in [-0.15, -0.1) is 11.3 Å². The third kappa shape index (κ3) is 0.980. The SMILES string of the molecule is NCCn1ncc2c1-c1sccc1C2. The number of nitrogens with two attached hydrogens (primary N) is 1. The zero-order valence-electron chi connectivity index (χ0n) is 7.73. The molecule has 1 aliphatic carbocycles. The van der Waals surface area contributed by atoms with Crippen molar-refractivity contribution >= 4 is 11.3 Å². The highest BCUT2D eigenvalue weighted by molar-refractivity contribution is 7.13. The third-order valence-electron chi connectivity index (χ3n) is 2.60. The van der Waals surface area contributed by atoms with Gasteiger partial charge in [0, 0.05) is 18.5 Å². The molecule has 3 nitrogen and oxygen atoms in total. The molecule has 0 spiro atoms. The molecule has 14 heavy (non-hydrogen) atoms. The van der Waals surface area contributed by atoms with Crippen molar-refractivity contribution < 1.29 is 0 Å². The molecule has 0 fully saturated rings. The van der Waals surface area contributed by atoms with E-state index in [-0.39, 0.29) is 0 Å². The van der Waals surface area contributed by atoms with Crippen molar-refractivity contribution in [3.05, 3.63) is 28.8 Å². The van der Waals surface area contributed by atoms with Crippen LogP contribution < -0.4 is 5.73 Å². The molecule has 2 aromatic rings. The number of fused-ring (bicyclic) bond motifs is 3. The van der Waals surface area contributed by atoms with Crippen molar-refractivity contribution in [3.63, 3.8) is 0 Å². The highest BCUT2D eigenvalue weighted by Gasteiger charge is 2.23. The minimum Gasteiger partial charge on any atom is -0.329 e. The van der Waals surface area contributed by atoms with E-state index in [0.29, 0.717) is 6.54 Å². The van der Waals surface area contributed by atoms with Gasteiger partial charge in [0.25, 0.3) is 0 Å². The van der Waals surface area contributed by atoms with Gasteiger partial charge in [-0.05, 0) is 17.0 Å². The maximum atomic E-state index is 5.55. The summed E-state index contributed by atoms with van der Waals surface area (Å²) in [6.07, 6.45) is 3.01. The van der Waals surface area contributed by atoms with Gasteiger partial charge in [0.2, 0.25) is 0 Å². The van der Waals surface area contributed by atoms with Crippen LogP contribution in [0.25, 0.3) is 10.6 Å². The minimum absolute atomic E-state index is 0.648. The minimum atomic E-state index is 0.648. The fourth-order valence-electron chi connectivity index (χ4n) is 2.00. The van der Waals surface area contributed by atoms with Crippen LogP contribution in [0.5, 0.6) is 0 Å². The van der Waals surface area contributed by atoms with Gasteiger partial charge in [0.15, 0.2) is 0 Å². The van der Waals surface area contributed by atoms with Crippen LogP contribution in [-0.2, 0) is 13.0 Å². The first-order valence-electron chi connectivity index (χ1n) is 4.71. The van der Waals surface area contributed by atoms with E-state index in [1.54, 1.807) is 11.3 Å². The van der Waals surface area contributed by atoms with Crippen LogP contribution >= 0.6 is 11.3 Å².